The van der Waals surface area contributed by atoms with Crippen LogP contribution in [0.2, 0.25) is 5.02 Å². The average Bonchev–Trinajstić information content (AvgIpc) is 2.95. The number of hydrogen-bond acceptors (Lipinski definition) is 3. The molecule has 4 rings (SSSR count). The number of rotatable bonds is 3. The summed E-state index contributed by atoms with van der Waals surface area (Å²) in [6.45, 7) is 4.25. The van der Waals surface area contributed by atoms with E-state index in [-0.39, 0.29) is 11.9 Å². The number of nitrogens with one attached hydrogen (secondary N) is 1. The molecule has 2 aromatic rings. The van der Waals surface area contributed by atoms with E-state index in [0.717, 1.165) is 16.7 Å². The number of nitrogens with zero attached hydrogens (tertiary/aromatic N) is 3. The third kappa shape index (κ3) is 3.07. The van der Waals surface area contributed by atoms with Crippen LogP contribution in [-0.4, -0.2) is 28.0 Å². The summed E-state index contributed by atoms with van der Waals surface area (Å²) < 4.78 is 0. The van der Waals surface area contributed by atoms with Crippen LogP contribution in [0.3, 0.4) is 0 Å². The van der Waals surface area contributed by atoms with E-state index in [1.165, 1.54) is 14.8 Å². The van der Waals surface area contributed by atoms with E-state index in [2.05, 4.69) is 5.43 Å². The zero-order chi connectivity index (χ0) is 19.1. The predicted octanol–water partition coefficient (Wildman–Crippen LogP) is 3.54. The molecule has 0 radical (unpaired) electrons. The molecule has 27 heavy (non-hydrogen) atoms. The van der Waals surface area contributed by atoms with Crippen molar-refractivity contribution in [1.29, 1.82) is 0 Å². The predicted molar refractivity (Wildman–Crippen MR) is 104 cm³/mol. The maximum atomic E-state index is 13.0. The molecule has 138 valence electrons. The van der Waals surface area contributed by atoms with Crippen molar-refractivity contribution in [3.63, 3.8) is 0 Å². The standard InChI is InChI=1S/C20H19ClN4O2/c1-13-5-3-6-15(11-13)12-25-20(27)24-10-9-23(19(26)18(24)22-25)17-8-4-7-16(21)14(17)2/h3-11,18,22H,12H2,1-2H3. The Morgan fingerprint density at radius 2 is 1.85 bits per heavy atom. The second kappa shape index (κ2) is 6.72. The zero-order valence-electron chi connectivity index (χ0n) is 15.0. The molecule has 1 atom stereocenters. The van der Waals surface area contributed by atoms with Gasteiger partial charge in [-0.1, -0.05) is 47.5 Å². The second-order valence-electron chi connectivity index (χ2n) is 6.69. The lowest BCUT2D eigenvalue weighted by Gasteiger charge is -2.30. The van der Waals surface area contributed by atoms with Crippen molar-refractivity contribution in [3.8, 4) is 0 Å². The largest absolute Gasteiger partial charge is 0.340 e. The first kappa shape index (κ1) is 17.6. The van der Waals surface area contributed by atoms with Crippen molar-refractivity contribution in [2.45, 2.75) is 26.6 Å². The second-order valence-corrected chi connectivity index (χ2v) is 7.09. The minimum atomic E-state index is -0.773. The summed E-state index contributed by atoms with van der Waals surface area (Å²) in [5, 5.41) is 2.06. The fourth-order valence-electron chi connectivity index (χ4n) is 3.35. The van der Waals surface area contributed by atoms with Gasteiger partial charge in [0, 0.05) is 17.4 Å². The Labute approximate surface area is 162 Å². The number of hydrogen-bond donors (Lipinski definition) is 1. The number of amides is 3. The number of carbonyl (C=O) groups excluding carboxylic acids is 2. The normalized spacial score (nSPS) is 19.1. The Balaban J connectivity index is 1.58. The number of carbonyl (C=O) groups is 2. The van der Waals surface area contributed by atoms with E-state index in [9.17, 15) is 9.59 Å². The topological polar surface area (TPSA) is 55.9 Å². The molecular formula is C20H19ClN4O2. The number of aryl methyl sites for hydroxylation is 1. The highest BCUT2D eigenvalue weighted by Gasteiger charge is 2.44. The van der Waals surface area contributed by atoms with Gasteiger partial charge in [-0.15, -0.1) is 0 Å². The van der Waals surface area contributed by atoms with Crippen molar-refractivity contribution in [2.75, 3.05) is 4.90 Å². The fourth-order valence-corrected chi connectivity index (χ4v) is 3.51. The number of fused-ring (bicyclic) bond motifs is 1. The molecule has 1 unspecified atom stereocenters. The Kier molecular flexibility index (Phi) is 4.37. The molecule has 1 saturated heterocycles. The molecule has 0 aromatic heterocycles. The van der Waals surface area contributed by atoms with E-state index >= 15 is 0 Å². The van der Waals surface area contributed by atoms with E-state index < -0.39 is 6.17 Å². The summed E-state index contributed by atoms with van der Waals surface area (Å²) in [6, 6.07) is 13.1. The Bertz CT molecular complexity index is 959. The first-order valence-corrected chi connectivity index (χ1v) is 9.01. The fraction of sp³-hybridized carbons (Fsp3) is 0.200. The lowest BCUT2D eigenvalue weighted by atomic mass is 10.1. The van der Waals surface area contributed by atoms with E-state index in [1.807, 2.05) is 44.2 Å². The molecule has 2 heterocycles. The zero-order valence-corrected chi connectivity index (χ0v) is 15.8. The highest BCUT2D eigenvalue weighted by molar-refractivity contribution is 6.31. The maximum Gasteiger partial charge on any atom is 0.340 e. The van der Waals surface area contributed by atoms with E-state index in [0.29, 0.717) is 17.3 Å². The summed E-state index contributed by atoms with van der Waals surface area (Å²) in [6.07, 6.45) is 2.45. The highest BCUT2D eigenvalue weighted by Crippen LogP contribution is 2.30. The van der Waals surface area contributed by atoms with Crippen LogP contribution in [0.15, 0.2) is 54.9 Å². The summed E-state index contributed by atoms with van der Waals surface area (Å²) in [4.78, 5) is 28.6. The Morgan fingerprint density at radius 1 is 1.07 bits per heavy atom. The molecule has 3 amide bonds. The van der Waals surface area contributed by atoms with Crippen molar-refractivity contribution in [2.24, 2.45) is 0 Å². The van der Waals surface area contributed by atoms with Gasteiger partial charge in [-0.2, -0.15) is 5.43 Å². The summed E-state index contributed by atoms with van der Waals surface area (Å²) in [5.41, 5.74) is 6.66. The average molecular weight is 383 g/mol. The lowest BCUT2D eigenvalue weighted by molar-refractivity contribution is -0.122. The number of anilines is 1. The molecule has 0 aliphatic carbocycles. The van der Waals surface area contributed by atoms with Crippen LogP contribution in [0.4, 0.5) is 10.5 Å². The van der Waals surface area contributed by atoms with Crippen LogP contribution in [-0.2, 0) is 11.3 Å². The van der Waals surface area contributed by atoms with Crippen molar-refractivity contribution in [3.05, 3.63) is 76.6 Å². The third-order valence-electron chi connectivity index (χ3n) is 4.78. The molecule has 1 fully saturated rings. The maximum absolute atomic E-state index is 13.0. The van der Waals surface area contributed by atoms with Crippen LogP contribution in [0.1, 0.15) is 16.7 Å². The smallest absolute Gasteiger partial charge is 0.283 e. The molecule has 0 bridgehead atoms. The molecule has 0 saturated carbocycles. The van der Waals surface area contributed by atoms with Gasteiger partial charge in [-0.25, -0.2) is 4.79 Å². The van der Waals surface area contributed by atoms with E-state index in [1.54, 1.807) is 24.5 Å². The van der Waals surface area contributed by atoms with Gasteiger partial charge < -0.3 is 0 Å². The molecule has 1 N–H and O–H groups in total. The van der Waals surface area contributed by atoms with Crippen molar-refractivity contribution < 1.29 is 9.59 Å². The summed E-state index contributed by atoms with van der Waals surface area (Å²) in [5.74, 6) is -0.233. The van der Waals surface area contributed by atoms with E-state index in [4.69, 9.17) is 11.6 Å². The minimum absolute atomic E-state index is 0.233. The highest BCUT2D eigenvalue weighted by atomic mass is 35.5. The van der Waals surface area contributed by atoms with Crippen LogP contribution in [0.5, 0.6) is 0 Å². The Hall–Kier alpha value is -2.83. The van der Waals surface area contributed by atoms with Crippen molar-refractivity contribution >= 4 is 29.2 Å². The van der Waals surface area contributed by atoms with Gasteiger partial charge in [-0.05, 0) is 37.1 Å². The molecule has 0 spiro atoms. The van der Waals surface area contributed by atoms with Gasteiger partial charge in [0.15, 0.2) is 6.17 Å². The molecule has 2 aromatic carbocycles. The monoisotopic (exact) mass is 382 g/mol. The quantitative estimate of drug-likeness (QED) is 0.883. The summed E-state index contributed by atoms with van der Waals surface area (Å²) >= 11 is 6.19. The van der Waals surface area contributed by atoms with Gasteiger partial charge in [0.1, 0.15) is 0 Å². The summed E-state index contributed by atoms with van der Waals surface area (Å²) in [7, 11) is 0. The van der Waals surface area contributed by atoms with Gasteiger partial charge >= 0.3 is 6.03 Å². The number of halogens is 1. The van der Waals surface area contributed by atoms with Crippen molar-refractivity contribution in [1.82, 2.24) is 15.3 Å². The first-order chi connectivity index (χ1) is 13.0. The SMILES string of the molecule is Cc1cccc(CN2NC3C(=O)N(c4cccc(Cl)c4C)C=CN3C2=O)c1. The number of benzene rings is 2. The number of hydrazine groups is 1. The molecule has 7 heteroatoms. The van der Waals surface area contributed by atoms with Gasteiger partial charge in [0.2, 0.25) is 0 Å². The number of urea groups is 1. The van der Waals surface area contributed by atoms with Crippen LogP contribution in [0, 0.1) is 13.8 Å². The molecule has 2 aliphatic rings. The van der Waals surface area contributed by atoms with Crippen LogP contribution >= 0.6 is 11.6 Å². The van der Waals surface area contributed by atoms with Gasteiger partial charge in [0.25, 0.3) is 5.91 Å². The third-order valence-corrected chi connectivity index (χ3v) is 5.19. The lowest BCUT2D eigenvalue weighted by Crippen LogP contribution is -2.51. The molecule has 6 nitrogen and oxygen atoms in total. The van der Waals surface area contributed by atoms with Gasteiger partial charge in [0.05, 0.1) is 12.2 Å². The van der Waals surface area contributed by atoms with Crippen LogP contribution in [0.25, 0.3) is 0 Å². The molecular weight excluding hydrogens is 364 g/mol. The first-order valence-electron chi connectivity index (χ1n) is 8.64. The Morgan fingerprint density at radius 3 is 2.63 bits per heavy atom. The van der Waals surface area contributed by atoms with Gasteiger partial charge in [-0.3, -0.25) is 19.6 Å². The minimum Gasteiger partial charge on any atom is -0.283 e. The molecule has 2 aliphatic heterocycles. The van der Waals surface area contributed by atoms with Crippen LogP contribution < -0.4 is 10.3 Å².